The highest BCUT2D eigenvalue weighted by molar-refractivity contribution is 5.94. The summed E-state index contributed by atoms with van der Waals surface area (Å²) in [7, 11) is 0. The van der Waals surface area contributed by atoms with E-state index < -0.39 is 0 Å². The molecule has 0 fully saturated rings. The second kappa shape index (κ2) is 12.8. The van der Waals surface area contributed by atoms with E-state index in [4.69, 9.17) is 14.2 Å². The van der Waals surface area contributed by atoms with Gasteiger partial charge in [0.15, 0.2) is 0 Å². The number of rotatable bonds is 12. The lowest BCUT2D eigenvalue weighted by molar-refractivity contribution is 0.0951. The predicted octanol–water partition coefficient (Wildman–Crippen LogP) is 6.65. The molecule has 0 radical (unpaired) electrons. The summed E-state index contributed by atoms with van der Waals surface area (Å²) >= 11 is 0. The summed E-state index contributed by atoms with van der Waals surface area (Å²) in [5.41, 5.74) is 1.65. The van der Waals surface area contributed by atoms with Gasteiger partial charge in [-0.1, -0.05) is 48.5 Å². The van der Waals surface area contributed by atoms with Crippen LogP contribution in [0.1, 0.15) is 28.8 Å². The summed E-state index contributed by atoms with van der Waals surface area (Å²) in [4.78, 5) is 12.2. The zero-order valence-electron chi connectivity index (χ0n) is 19.6. The summed E-state index contributed by atoms with van der Waals surface area (Å²) in [5, 5.41) is 2.94. The number of hydrogen-bond acceptors (Lipinski definition) is 4. The minimum atomic E-state index is -0.0877. The van der Waals surface area contributed by atoms with Gasteiger partial charge in [-0.25, -0.2) is 0 Å². The molecule has 1 amide bonds. The number of hydrogen-bond donors (Lipinski definition) is 1. The van der Waals surface area contributed by atoms with Crippen molar-refractivity contribution in [1.29, 1.82) is 0 Å². The first-order chi connectivity index (χ1) is 17.3. The number of para-hydroxylation sites is 1. The topological polar surface area (TPSA) is 56.8 Å². The van der Waals surface area contributed by atoms with Gasteiger partial charge in [0.05, 0.1) is 13.2 Å². The number of unbranched alkanes of at least 4 members (excludes halogenated alkanes) is 1. The van der Waals surface area contributed by atoms with E-state index in [1.807, 2.05) is 97.1 Å². The van der Waals surface area contributed by atoms with Crippen LogP contribution < -0.4 is 19.5 Å². The fourth-order valence-electron chi connectivity index (χ4n) is 3.43. The molecule has 0 spiro atoms. The number of amides is 1. The van der Waals surface area contributed by atoms with Crippen molar-refractivity contribution in [1.82, 2.24) is 5.32 Å². The van der Waals surface area contributed by atoms with Crippen LogP contribution in [0.5, 0.6) is 23.0 Å². The van der Waals surface area contributed by atoms with Crippen molar-refractivity contribution in [3.8, 4) is 23.0 Å². The van der Waals surface area contributed by atoms with Gasteiger partial charge in [0.2, 0.25) is 0 Å². The molecule has 4 aromatic rings. The maximum absolute atomic E-state index is 12.2. The van der Waals surface area contributed by atoms with Crippen molar-refractivity contribution in [2.45, 2.75) is 19.4 Å². The van der Waals surface area contributed by atoms with Gasteiger partial charge < -0.3 is 19.5 Å². The highest BCUT2D eigenvalue weighted by Gasteiger charge is 2.05. The van der Waals surface area contributed by atoms with Crippen molar-refractivity contribution in [2.24, 2.45) is 0 Å². The number of nitrogens with one attached hydrogen (secondary N) is 1. The first-order valence-electron chi connectivity index (χ1n) is 11.8. The molecule has 0 aliphatic heterocycles. The molecule has 0 atom stereocenters. The van der Waals surface area contributed by atoms with Gasteiger partial charge in [-0.05, 0) is 79.1 Å². The van der Waals surface area contributed by atoms with Crippen LogP contribution >= 0.6 is 0 Å². The molecule has 0 saturated heterocycles. The fraction of sp³-hybridized carbons (Fsp3) is 0.167. The standard InChI is InChI=1S/C30H29NO4/c32-30(25-11-3-1-4-12-25)31-23-24-10-9-15-29(22-24)34-21-8-7-20-33-26-16-18-28(19-17-26)35-27-13-5-2-6-14-27/h1-6,9-19,22H,7-8,20-21,23H2,(H,31,32). The van der Waals surface area contributed by atoms with E-state index in [1.165, 1.54) is 0 Å². The van der Waals surface area contributed by atoms with E-state index in [0.29, 0.717) is 25.3 Å². The predicted molar refractivity (Wildman–Crippen MR) is 137 cm³/mol. The van der Waals surface area contributed by atoms with Crippen LogP contribution in [-0.4, -0.2) is 19.1 Å². The van der Waals surface area contributed by atoms with Crippen molar-refractivity contribution in [3.05, 3.63) is 120 Å². The van der Waals surface area contributed by atoms with Crippen LogP contribution in [0.25, 0.3) is 0 Å². The molecule has 5 nitrogen and oxygen atoms in total. The van der Waals surface area contributed by atoms with Gasteiger partial charge in [0.1, 0.15) is 23.0 Å². The van der Waals surface area contributed by atoms with Gasteiger partial charge in [-0.2, -0.15) is 0 Å². The maximum atomic E-state index is 12.2. The largest absolute Gasteiger partial charge is 0.494 e. The molecule has 4 aromatic carbocycles. The Morgan fingerprint density at radius 3 is 1.89 bits per heavy atom. The highest BCUT2D eigenvalue weighted by Crippen LogP contribution is 2.23. The van der Waals surface area contributed by atoms with Gasteiger partial charge in [0, 0.05) is 12.1 Å². The molecule has 4 rings (SSSR count). The average Bonchev–Trinajstić information content (AvgIpc) is 2.91. The van der Waals surface area contributed by atoms with Crippen LogP contribution in [0.3, 0.4) is 0 Å². The Labute approximate surface area is 206 Å². The molecule has 0 aliphatic rings. The minimum absolute atomic E-state index is 0.0877. The van der Waals surface area contributed by atoms with E-state index in [9.17, 15) is 4.79 Å². The summed E-state index contributed by atoms with van der Waals surface area (Å²) in [6.07, 6.45) is 1.76. The van der Waals surface area contributed by atoms with Gasteiger partial charge in [-0.3, -0.25) is 4.79 Å². The third-order valence-electron chi connectivity index (χ3n) is 5.27. The first-order valence-corrected chi connectivity index (χ1v) is 11.8. The second-order valence-electron chi connectivity index (χ2n) is 7.99. The molecule has 0 aromatic heterocycles. The van der Waals surface area contributed by atoms with Crippen molar-refractivity contribution in [3.63, 3.8) is 0 Å². The Morgan fingerprint density at radius 1 is 0.600 bits per heavy atom. The molecule has 178 valence electrons. The number of carbonyl (C=O) groups is 1. The third kappa shape index (κ3) is 7.93. The van der Waals surface area contributed by atoms with Crippen LogP contribution in [0.2, 0.25) is 0 Å². The van der Waals surface area contributed by atoms with E-state index in [-0.39, 0.29) is 5.91 Å². The van der Waals surface area contributed by atoms with Crippen LogP contribution in [0, 0.1) is 0 Å². The molecule has 35 heavy (non-hydrogen) atoms. The molecular weight excluding hydrogens is 438 g/mol. The summed E-state index contributed by atoms with van der Waals surface area (Å²) < 4.78 is 17.5. The van der Waals surface area contributed by atoms with Crippen LogP contribution in [0.15, 0.2) is 109 Å². The van der Waals surface area contributed by atoms with E-state index in [1.54, 1.807) is 12.1 Å². The fourth-order valence-corrected chi connectivity index (χ4v) is 3.43. The van der Waals surface area contributed by atoms with Crippen molar-refractivity contribution >= 4 is 5.91 Å². The normalized spacial score (nSPS) is 10.4. The van der Waals surface area contributed by atoms with Crippen LogP contribution in [0.4, 0.5) is 0 Å². The molecular formula is C30H29NO4. The lowest BCUT2D eigenvalue weighted by Gasteiger charge is -2.10. The quantitative estimate of drug-likeness (QED) is 0.237. The van der Waals surface area contributed by atoms with Gasteiger partial charge in [0.25, 0.3) is 5.91 Å². The lowest BCUT2D eigenvalue weighted by atomic mass is 10.2. The molecule has 0 bridgehead atoms. The Balaban J connectivity index is 1.12. The Bertz CT molecular complexity index is 1180. The van der Waals surface area contributed by atoms with E-state index in [2.05, 4.69) is 5.32 Å². The van der Waals surface area contributed by atoms with E-state index >= 15 is 0 Å². The Morgan fingerprint density at radius 2 is 1.17 bits per heavy atom. The molecule has 5 heteroatoms. The minimum Gasteiger partial charge on any atom is -0.494 e. The molecule has 0 unspecified atom stereocenters. The van der Waals surface area contributed by atoms with Gasteiger partial charge in [-0.15, -0.1) is 0 Å². The Hall–Kier alpha value is -4.25. The van der Waals surface area contributed by atoms with E-state index in [0.717, 1.165) is 41.4 Å². The molecule has 0 saturated carbocycles. The molecule has 1 N–H and O–H groups in total. The number of carbonyl (C=O) groups excluding carboxylic acids is 1. The first kappa shape index (κ1) is 23.9. The van der Waals surface area contributed by atoms with Gasteiger partial charge >= 0.3 is 0 Å². The summed E-state index contributed by atoms with van der Waals surface area (Å²) in [5.74, 6) is 3.11. The number of benzene rings is 4. The zero-order valence-corrected chi connectivity index (χ0v) is 19.6. The third-order valence-corrected chi connectivity index (χ3v) is 5.27. The smallest absolute Gasteiger partial charge is 0.251 e. The highest BCUT2D eigenvalue weighted by atomic mass is 16.5. The maximum Gasteiger partial charge on any atom is 0.251 e. The van der Waals surface area contributed by atoms with Crippen LogP contribution in [-0.2, 0) is 6.54 Å². The van der Waals surface area contributed by atoms with Crippen molar-refractivity contribution in [2.75, 3.05) is 13.2 Å². The average molecular weight is 468 g/mol. The lowest BCUT2D eigenvalue weighted by Crippen LogP contribution is -2.22. The number of ether oxygens (including phenoxy) is 3. The second-order valence-corrected chi connectivity index (χ2v) is 7.99. The summed E-state index contributed by atoms with van der Waals surface area (Å²) in [6, 6.07) is 34.3. The molecule has 0 heterocycles. The SMILES string of the molecule is O=C(NCc1cccc(OCCCCOc2ccc(Oc3ccccc3)cc2)c1)c1ccccc1. The summed E-state index contributed by atoms with van der Waals surface area (Å²) in [6.45, 7) is 1.68. The Kier molecular flexibility index (Phi) is 8.77. The monoisotopic (exact) mass is 467 g/mol. The van der Waals surface area contributed by atoms with Crippen molar-refractivity contribution < 1.29 is 19.0 Å². The zero-order chi connectivity index (χ0) is 24.1. The molecule has 0 aliphatic carbocycles.